The molecule has 158 valence electrons. The van der Waals surface area contributed by atoms with E-state index in [1.165, 1.54) is 6.08 Å². The zero-order chi connectivity index (χ0) is 21.3. The van der Waals surface area contributed by atoms with Gasteiger partial charge in [-0.2, -0.15) is 0 Å². The van der Waals surface area contributed by atoms with Crippen LogP contribution >= 0.6 is 11.8 Å². The number of likely N-dealkylation sites (N-methyl/N-ethyl adjacent to an activating group) is 1. The predicted octanol–water partition coefficient (Wildman–Crippen LogP) is 3.65. The quantitative estimate of drug-likeness (QED) is 0.364. The lowest BCUT2D eigenvalue weighted by molar-refractivity contribution is -0.148. The molecule has 1 aliphatic rings. The number of ether oxygens (including phenoxy) is 3. The monoisotopic (exact) mass is 427 g/mol. The molecule has 0 saturated heterocycles. The summed E-state index contributed by atoms with van der Waals surface area (Å²) in [4.78, 5) is 27.2. The summed E-state index contributed by atoms with van der Waals surface area (Å²) in [6.07, 6.45) is 4.72. The molecule has 2 aromatic carbocycles. The number of carbonyl (C=O) groups is 2. The van der Waals surface area contributed by atoms with Crippen molar-refractivity contribution in [1.82, 2.24) is 4.90 Å². The summed E-state index contributed by atoms with van der Waals surface area (Å²) in [5.41, 5.74) is 0.890. The van der Waals surface area contributed by atoms with Crippen LogP contribution in [0, 0.1) is 0 Å². The molecule has 0 aliphatic carbocycles. The molecule has 0 fully saturated rings. The van der Waals surface area contributed by atoms with Crippen LogP contribution in [0.3, 0.4) is 0 Å². The molecule has 0 aromatic heterocycles. The van der Waals surface area contributed by atoms with Crippen molar-refractivity contribution >= 4 is 29.7 Å². The van der Waals surface area contributed by atoms with E-state index in [0.717, 1.165) is 10.5 Å². The van der Waals surface area contributed by atoms with Crippen LogP contribution < -0.4 is 9.47 Å². The van der Waals surface area contributed by atoms with E-state index in [-0.39, 0.29) is 18.6 Å². The average Bonchev–Trinajstić information content (AvgIpc) is 2.79. The fourth-order valence-electron chi connectivity index (χ4n) is 2.96. The number of rotatable bonds is 8. The fourth-order valence-corrected chi connectivity index (χ4v) is 3.37. The number of esters is 1. The predicted molar refractivity (Wildman–Crippen MR) is 117 cm³/mol. The molecule has 0 bridgehead atoms. The van der Waals surface area contributed by atoms with Gasteiger partial charge in [0.25, 0.3) is 5.91 Å². The first kappa shape index (κ1) is 21.8. The van der Waals surface area contributed by atoms with Gasteiger partial charge in [-0.1, -0.05) is 24.3 Å². The molecule has 0 spiro atoms. The number of hydrogen-bond donors (Lipinski definition) is 0. The summed E-state index contributed by atoms with van der Waals surface area (Å²) in [5, 5.41) is 0. The van der Waals surface area contributed by atoms with Gasteiger partial charge in [-0.3, -0.25) is 4.79 Å². The first-order valence-electron chi connectivity index (χ1n) is 9.74. The minimum absolute atomic E-state index is 0.272. The fraction of sp³-hybridized carbons (Fsp3) is 0.304. The van der Waals surface area contributed by atoms with Crippen LogP contribution in [0.15, 0.2) is 59.5 Å². The largest absolute Gasteiger partial charge is 0.486 e. The second kappa shape index (κ2) is 10.7. The topological polar surface area (TPSA) is 65.1 Å². The van der Waals surface area contributed by atoms with Gasteiger partial charge in [0.1, 0.15) is 6.61 Å². The highest BCUT2D eigenvalue weighted by Gasteiger charge is 2.25. The van der Waals surface area contributed by atoms with E-state index in [0.29, 0.717) is 31.2 Å². The highest BCUT2D eigenvalue weighted by molar-refractivity contribution is 7.98. The van der Waals surface area contributed by atoms with E-state index in [9.17, 15) is 9.59 Å². The van der Waals surface area contributed by atoms with E-state index in [1.807, 2.05) is 61.7 Å². The molecular weight excluding hydrogens is 402 g/mol. The van der Waals surface area contributed by atoms with Crippen LogP contribution in [-0.4, -0.2) is 55.4 Å². The van der Waals surface area contributed by atoms with Crippen LogP contribution in [0.2, 0.25) is 0 Å². The van der Waals surface area contributed by atoms with Crippen LogP contribution in [-0.2, 0) is 14.3 Å². The van der Waals surface area contributed by atoms with Crippen molar-refractivity contribution in [2.24, 2.45) is 0 Å². The third-order valence-corrected chi connectivity index (χ3v) is 5.34. The summed E-state index contributed by atoms with van der Waals surface area (Å²) < 4.78 is 16.7. The number of benzene rings is 2. The molecule has 2 aromatic rings. The summed E-state index contributed by atoms with van der Waals surface area (Å²) in [6, 6.07) is 15.2. The first-order valence-corrected chi connectivity index (χ1v) is 11.0. The van der Waals surface area contributed by atoms with Crippen LogP contribution in [0.1, 0.15) is 12.5 Å². The van der Waals surface area contributed by atoms with E-state index in [4.69, 9.17) is 14.2 Å². The van der Waals surface area contributed by atoms with Gasteiger partial charge in [0, 0.05) is 17.5 Å². The number of fused-ring (bicyclic) bond motifs is 1. The van der Waals surface area contributed by atoms with Crippen LogP contribution in [0.4, 0.5) is 0 Å². The first-order chi connectivity index (χ1) is 14.6. The molecule has 0 saturated carbocycles. The van der Waals surface area contributed by atoms with Gasteiger partial charge in [0.05, 0.1) is 6.54 Å². The van der Waals surface area contributed by atoms with E-state index >= 15 is 0 Å². The molecule has 1 atom stereocenters. The third-order valence-electron chi connectivity index (χ3n) is 4.59. The number of carbonyl (C=O) groups excluding carboxylic acids is 2. The maximum Gasteiger partial charge on any atom is 0.331 e. The summed E-state index contributed by atoms with van der Waals surface area (Å²) in [7, 11) is 0. The van der Waals surface area contributed by atoms with Gasteiger partial charge in [-0.05, 0) is 49.1 Å². The van der Waals surface area contributed by atoms with Crippen LogP contribution in [0.5, 0.6) is 11.5 Å². The van der Waals surface area contributed by atoms with Gasteiger partial charge >= 0.3 is 5.97 Å². The number of para-hydroxylation sites is 2. The maximum atomic E-state index is 12.5. The number of amides is 1. The Morgan fingerprint density at radius 1 is 1.17 bits per heavy atom. The number of hydrogen-bond acceptors (Lipinski definition) is 6. The van der Waals surface area contributed by atoms with Crippen molar-refractivity contribution in [3.05, 3.63) is 60.2 Å². The molecule has 1 heterocycles. The lowest BCUT2D eigenvalue weighted by atomic mass is 10.2. The lowest BCUT2D eigenvalue weighted by Crippen LogP contribution is -2.44. The third kappa shape index (κ3) is 6.03. The zero-order valence-corrected chi connectivity index (χ0v) is 17.9. The molecule has 6 nitrogen and oxygen atoms in total. The van der Waals surface area contributed by atoms with E-state index in [1.54, 1.807) is 22.7 Å². The van der Waals surface area contributed by atoms with Gasteiger partial charge in [0.15, 0.2) is 24.2 Å². The van der Waals surface area contributed by atoms with Gasteiger partial charge < -0.3 is 19.1 Å². The molecule has 1 aliphatic heterocycles. The smallest absolute Gasteiger partial charge is 0.331 e. The molecule has 3 rings (SSSR count). The Kier molecular flexibility index (Phi) is 7.79. The molecule has 30 heavy (non-hydrogen) atoms. The SMILES string of the molecule is CCN(CC1COc2ccccc2O1)C(=O)COC(=O)/C=C/c1ccc(SC)cc1. The average molecular weight is 428 g/mol. The van der Waals surface area contributed by atoms with Crippen LogP contribution in [0.25, 0.3) is 6.08 Å². The minimum Gasteiger partial charge on any atom is -0.486 e. The molecule has 7 heteroatoms. The highest BCUT2D eigenvalue weighted by Crippen LogP contribution is 2.31. The Morgan fingerprint density at radius 3 is 2.60 bits per heavy atom. The zero-order valence-electron chi connectivity index (χ0n) is 17.1. The van der Waals surface area contributed by atoms with Gasteiger partial charge in [-0.15, -0.1) is 11.8 Å². The molecule has 0 radical (unpaired) electrons. The van der Waals surface area contributed by atoms with Crippen molar-refractivity contribution in [3.63, 3.8) is 0 Å². The lowest BCUT2D eigenvalue weighted by Gasteiger charge is -2.30. The maximum absolute atomic E-state index is 12.5. The van der Waals surface area contributed by atoms with Crippen molar-refractivity contribution in [2.45, 2.75) is 17.9 Å². The Morgan fingerprint density at radius 2 is 1.90 bits per heavy atom. The van der Waals surface area contributed by atoms with Gasteiger partial charge in [0.2, 0.25) is 0 Å². The standard InChI is InChI=1S/C23H25NO5S/c1-3-24(14-18-15-27-20-6-4-5-7-21(20)29-18)22(25)16-28-23(26)13-10-17-8-11-19(30-2)12-9-17/h4-13,18H,3,14-16H2,1-2H3/b13-10+. The van der Waals surface area contributed by atoms with E-state index in [2.05, 4.69) is 0 Å². The molecule has 1 unspecified atom stereocenters. The molecule has 0 N–H and O–H groups in total. The Hall–Kier alpha value is -2.93. The Balaban J connectivity index is 1.46. The van der Waals surface area contributed by atoms with Crippen molar-refractivity contribution in [1.29, 1.82) is 0 Å². The van der Waals surface area contributed by atoms with E-state index < -0.39 is 5.97 Å². The number of nitrogens with zero attached hydrogens (tertiary/aromatic N) is 1. The normalized spacial score (nSPS) is 15.1. The molecule has 1 amide bonds. The summed E-state index contributed by atoms with van der Waals surface area (Å²) >= 11 is 1.65. The Bertz CT molecular complexity index is 897. The second-order valence-electron chi connectivity index (χ2n) is 6.64. The Labute approximate surface area is 180 Å². The number of thioether (sulfide) groups is 1. The molecular formula is C23H25NO5S. The minimum atomic E-state index is -0.556. The van der Waals surface area contributed by atoms with Crippen molar-refractivity contribution in [2.75, 3.05) is 32.6 Å². The van der Waals surface area contributed by atoms with Gasteiger partial charge in [-0.25, -0.2) is 4.79 Å². The summed E-state index contributed by atoms with van der Waals surface area (Å²) in [6.45, 7) is 2.76. The second-order valence-corrected chi connectivity index (χ2v) is 7.52. The van der Waals surface area contributed by atoms with Crippen molar-refractivity contribution in [3.8, 4) is 11.5 Å². The highest BCUT2D eigenvalue weighted by atomic mass is 32.2. The summed E-state index contributed by atoms with van der Waals surface area (Å²) in [5.74, 6) is 0.539. The van der Waals surface area contributed by atoms with Crippen molar-refractivity contribution < 1.29 is 23.8 Å².